The van der Waals surface area contributed by atoms with Gasteiger partial charge in [0.05, 0.1) is 11.5 Å². The molecule has 1 aromatic carbocycles. The van der Waals surface area contributed by atoms with Gasteiger partial charge in [0, 0.05) is 0 Å². The van der Waals surface area contributed by atoms with Crippen molar-refractivity contribution in [1.29, 1.82) is 0 Å². The van der Waals surface area contributed by atoms with Gasteiger partial charge in [-0.3, -0.25) is 4.18 Å². The highest BCUT2D eigenvalue weighted by Crippen LogP contribution is 2.33. The Labute approximate surface area is 122 Å². The summed E-state index contributed by atoms with van der Waals surface area (Å²) in [5.41, 5.74) is 0.915. The van der Waals surface area contributed by atoms with E-state index in [1.54, 1.807) is 12.1 Å². The van der Waals surface area contributed by atoms with Crippen LogP contribution in [-0.4, -0.2) is 55.9 Å². The first kappa shape index (κ1) is 14.9. The zero-order valence-electron chi connectivity index (χ0n) is 11.2. The van der Waals surface area contributed by atoms with Crippen molar-refractivity contribution < 1.29 is 32.3 Å². The van der Waals surface area contributed by atoms with Gasteiger partial charge >= 0.3 is 0 Å². The lowest BCUT2D eigenvalue weighted by atomic mass is 10.1. The van der Waals surface area contributed by atoms with Crippen LogP contribution in [0.25, 0.3) is 0 Å². The van der Waals surface area contributed by atoms with Gasteiger partial charge in [0.15, 0.2) is 6.29 Å². The summed E-state index contributed by atoms with van der Waals surface area (Å²) in [7, 11) is -4.06. The number of benzene rings is 1. The fraction of sp³-hybridized carbons (Fsp3) is 0.538. The van der Waals surface area contributed by atoms with Gasteiger partial charge in [-0.15, -0.1) is 0 Å². The normalized spacial score (nSPS) is 35.9. The van der Waals surface area contributed by atoms with Gasteiger partial charge in [-0.25, -0.2) is 0 Å². The number of ether oxygens (including phenoxy) is 2. The molecule has 0 aliphatic carbocycles. The third-order valence-electron chi connectivity index (χ3n) is 3.59. The molecule has 2 aliphatic rings. The summed E-state index contributed by atoms with van der Waals surface area (Å²) >= 11 is 0. The second kappa shape index (κ2) is 5.31. The number of aliphatic hydroxyl groups excluding tert-OH is 2. The largest absolute Gasteiger partial charge is 0.388 e. The number of aryl methyl sites for hydroxylation is 1. The van der Waals surface area contributed by atoms with E-state index >= 15 is 0 Å². The van der Waals surface area contributed by atoms with Crippen molar-refractivity contribution in [1.82, 2.24) is 0 Å². The number of fused-ring (bicyclic) bond motifs is 2. The predicted molar refractivity (Wildman–Crippen MR) is 69.9 cm³/mol. The molecule has 0 saturated carbocycles. The van der Waals surface area contributed by atoms with Crippen LogP contribution in [0.1, 0.15) is 5.56 Å². The molecule has 0 radical (unpaired) electrons. The van der Waals surface area contributed by atoms with Crippen molar-refractivity contribution in [3.8, 4) is 0 Å². The van der Waals surface area contributed by atoms with Crippen LogP contribution in [0.15, 0.2) is 29.2 Å². The number of hydrogen-bond acceptors (Lipinski definition) is 7. The average molecular weight is 316 g/mol. The zero-order valence-corrected chi connectivity index (χ0v) is 12.1. The summed E-state index contributed by atoms with van der Waals surface area (Å²) in [6.45, 7) is 1.81. The Morgan fingerprint density at radius 3 is 2.57 bits per heavy atom. The summed E-state index contributed by atoms with van der Waals surface area (Å²) in [6, 6.07) is 6.14. The molecule has 1 aromatic rings. The molecule has 2 bridgehead atoms. The Balaban J connectivity index is 1.83. The van der Waals surface area contributed by atoms with Gasteiger partial charge in [0.25, 0.3) is 10.1 Å². The van der Waals surface area contributed by atoms with Gasteiger partial charge in [-0.1, -0.05) is 17.7 Å². The third kappa shape index (κ3) is 2.70. The van der Waals surface area contributed by atoms with Gasteiger partial charge in [-0.2, -0.15) is 8.42 Å². The van der Waals surface area contributed by atoms with Crippen LogP contribution >= 0.6 is 0 Å². The summed E-state index contributed by atoms with van der Waals surface area (Å²) < 4.78 is 39.8. The molecule has 2 N–H and O–H groups in total. The van der Waals surface area contributed by atoms with Crippen LogP contribution in [-0.2, 0) is 23.8 Å². The molecule has 21 heavy (non-hydrogen) atoms. The smallest absolute Gasteiger partial charge is 0.297 e. The van der Waals surface area contributed by atoms with E-state index in [-0.39, 0.29) is 11.5 Å². The molecule has 8 heteroatoms. The van der Waals surface area contributed by atoms with Crippen molar-refractivity contribution in [2.24, 2.45) is 0 Å². The molecule has 5 unspecified atom stereocenters. The highest BCUT2D eigenvalue weighted by molar-refractivity contribution is 7.86. The van der Waals surface area contributed by atoms with E-state index in [1.807, 2.05) is 6.92 Å². The highest BCUT2D eigenvalue weighted by Gasteiger charge is 2.53. The molecule has 5 atom stereocenters. The lowest BCUT2D eigenvalue weighted by Crippen LogP contribution is -2.43. The highest BCUT2D eigenvalue weighted by atomic mass is 32.2. The first-order valence-electron chi connectivity index (χ1n) is 6.51. The van der Waals surface area contributed by atoms with Gasteiger partial charge < -0.3 is 19.7 Å². The van der Waals surface area contributed by atoms with Crippen LogP contribution in [0.5, 0.6) is 0 Å². The van der Waals surface area contributed by atoms with Crippen molar-refractivity contribution in [2.75, 3.05) is 6.61 Å². The topological polar surface area (TPSA) is 102 Å². The minimum atomic E-state index is -4.06. The van der Waals surface area contributed by atoms with E-state index < -0.39 is 40.8 Å². The molecule has 0 amide bonds. The van der Waals surface area contributed by atoms with Crippen LogP contribution in [0, 0.1) is 6.92 Å². The standard InChI is InChI=1S/C13H16O7S/c1-7-2-4-8(5-3-7)21(16,17)20-12-10(15)13-18-6-9(14)11(12)19-13/h2-5,9-15H,6H2,1H3. The first-order chi connectivity index (χ1) is 9.88. The maximum Gasteiger partial charge on any atom is 0.297 e. The monoisotopic (exact) mass is 316 g/mol. The first-order valence-corrected chi connectivity index (χ1v) is 7.92. The van der Waals surface area contributed by atoms with E-state index in [0.29, 0.717) is 0 Å². The molecule has 2 heterocycles. The van der Waals surface area contributed by atoms with Crippen LogP contribution < -0.4 is 0 Å². The SMILES string of the molecule is Cc1ccc(S(=O)(=O)OC2C(O)C3OCC(O)C2O3)cc1. The lowest BCUT2D eigenvalue weighted by Gasteiger charge is -2.26. The Morgan fingerprint density at radius 1 is 1.24 bits per heavy atom. The Morgan fingerprint density at radius 2 is 1.90 bits per heavy atom. The third-order valence-corrected chi connectivity index (χ3v) is 4.91. The molecule has 3 rings (SSSR count). The molecular formula is C13H16O7S. The second-order valence-corrected chi connectivity index (χ2v) is 6.76. The quantitative estimate of drug-likeness (QED) is 0.728. The summed E-state index contributed by atoms with van der Waals surface area (Å²) in [6.07, 6.45) is -5.42. The van der Waals surface area contributed by atoms with Crippen LogP contribution in [0.3, 0.4) is 0 Å². The molecular weight excluding hydrogens is 300 g/mol. The fourth-order valence-electron chi connectivity index (χ4n) is 2.42. The van der Waals surface area contributed by atoms with Crippen molar-refractivity contribution in [3.05, 3.63) is 29.8 Å². The average Bonchev–Trinajstić information content (AvgIpc) is 2.69. The Kier molecular flexibility index (Phi) is 3.76. The van der Waals surface area contributed by atoms with Crippen LogP contribution in [0.2, 0.25) is 0 Å². The van der Waals surface area contributed by atoms with Crippen molar-refractivity contribution >= 4 is 10.1 Å². The molecule has 7 nitrogen and oxygen atoms in total. The molecule has 2 aliphatic heterocycles. The van der Waals surface area contributed by atoms with E-state index in [1.165, 1.54) is 12.1 Å². The predicted octanol–water partition coefficient (Wildman–Crippen LogP) is -0.454. The van der Waals surface area contributed by atoms with Gasteiger partial charge in [-0.05, 0) is 19.1 Å². The minimum absolute atomic E-state index is 0.0165. The maximum atomic E-state index is 12.2. The van der Waals surface area contributed by atoms with Crippen molar-refractivity contribution in [3.63, 3.8) is 0 Å². The number of rotatable bonds is 3. The Hall–Kier alpha value is -1.03. The lowest BCUT2D eigenvalue weighted by molar-refractivity contribution is -0.233. The molecule has 116 valence electrons. The van der Waals surface area contributed by atoms with E-state index in [4.69, 9.17) is 13.7 Å². The molecule has 2 saturated heterocycles. The number of aliphatic hydroxyl groups is 2. The fourth-order valence-corrected chi connectivity index (χ4v) is 3.51. The minimum Gasteiger partial charge on any atom is -0.388 e. The second-order valence-electron chi connectivity index (χ2n) is 5.19. The van der Waals surface area contributed by atoms with E-state index in [2.05, 4.69) is 0 Å². The molecule has 2 fully saturated rings. The summed E-state index contributed by atoms with van der Waals surface area (Å²) in [5.74, 6) is 0. The molecule has 0 aromatic heterocycles. The van der Waals surface area contributed by atoms with Gasteiger partial charge in [0.2, 0.25) is 0 Å². The summed E-state index contributed by atoms with van der Waals surface area (Å²) in [4.78, 5) is -0.0165. The summed E-state index contributed by atoms with van der Waals surface area (Å²) in [5, 5.41) is 19.7. The molecule has 0 spiro atoms. The van der Waals surface area contributed by atoms with E-state index in [9.17, 15) is 18.6 Å². The maximum absolute atomic E-state index is 12.2. The zero-order chi connectivity index (χ0) is 15.2. The van der Waals surface area contributed by atoms with Crippen LogP contribution in [0.4, 0.5) is 0 Å². The Bertz CT molecular complexity index is 612. The number of hydrogen-bond donors (Lipinski definition) is 2. The van der Waals surface area contributed by atoms with Crippen molar-refractivity contribution in [2.45, 2.75) is 42.5 Å². The van der Waals surface area contributed by atoms with Gasteiger partial charge in [0.1, 0.15) is 24.4 Å². The van der Waals surface area contributed by atoms with E-state index in [0.717, 1.165) is 5.56 Å².